The highest BCUT2D eigenvalue weighted by molar-refractivity contribution is 8.00. The van der Waals surface area contributed by atoms with Gasteiger partial charge in [0.1, 0.15) is 17.1 Å². The summed E-state index contributed by atoms with van der Waals surface area (Å²) in [5, 5.41) is 5.06. The molecule has 2 amide bonds. The van der Waals surface area contributed by atoms with E-state index in [4.69, 9.17) is 9.47 Å². The van der Waals surface area contributed by atoms with Crippen LogP contribution in [-0.2, 0) is 11.0 Å². The van der Waals surface area contributed by atoms with E-state index in [1.165, 1.54) is 32.4 Å². The van der Waals surface area contributed by atoms with Gasteiger partial charge in [-0.2, -0.15) is 13.2 Å². The number of carbonyl (C=O) groups is 2. The number of alkyl halides is 3. The lowest BCUT2D eigenvalue weighted by Gasteiger charge is -2.14. The van der Waals surface area contributed by atoms with Crippen LogP contribution < -0.4 is 20.1 Å². The molecule has 0 saturated carbocycles. The van der Waals surface area contributed by atoms with Gasteiger partial charge < -0.3 is 20.1 Å². The minimum Gasteiger partial charge on any atom is -0.496 e. The Hall–Kier alpha value is -3.66. The fraction of sp³-hybridized carbons (Fsp3) is 0.167. The van der Waals surface area contributed by atoms with Crippen molar-refractivity contribution in [2.45, 2.75) is 11.1 Å². The molecule has 3 aromatic carbocycles. The van der Waals surface area contributed by atoms with E-state index in [1.807, 2.05) is 0 Å². The number of carbonyl (C=O) groups excluding carboxylic acids is 2. The highest BCUT2D eigenvalue weighted by atomic mass is 32.2. The lowest BCUT2D eigenvalue weighted by molar-refractivity contribution is -0.137. The minimum atomic E-state index is -4.56. The quantitative estimate of drug-likeness (QED) is 0.396. The summed E-state index contributed by atoms with van der Waals surface area (Å²) in [5.41, 5.74) is -0.432. The van der Waals surface area contributed by atoms with Crippen molar-refractivity contribution in [3.8, 4) is 11.5 Å². The van der Waals surface area contributed by atoms with Gasteiger partial charge in [0.15, 0.2) is 0 Å². The second kappa shape index (κ2) is 11.0. The normalized spacial score (nSPS) is 11.0. The fourth-order valence-electron chi connectivity index (χ4n) is 3.08. The maximum atomic E-state index is 13.1. The van der Waals surface area contributed by atoms with Crippen molar-refractivity contribution in [3.05, 3.63) is 77.9 Å². The van der Waals surface area contributed by atoms with Gasteiger partial charge in [-0.1, -0.05) is 18.2 Å². The molecule has 0 saturated heterocycles. The predicted molar refractivity (Wildman–Crippen MR) is 125 cm³/mol. The van der Waals surface area contributed by atoms with Crippen molar-refractivity contribution in [1.29, 1.82) is 0 Å². The third-order valence-electron chi connectivity index (χ3n) is 4.64. The number of ether oxygens (including phenoxy) is 2. The van der Waals surface area contributed by atoms with Gasteiger partial charge in [0, 0.05) is 10.6 Å². The zero-order chi connectivity index (χ0) is 24.7. The second-order valence-corrected chi connectivity index (χ2v) is 7.94. The molecule has 10 heteroatoms. The Morgan fingerprint density at radius 2 is 1.47 bits per heavy atom. The summed E-state index contributed by atoms with van der Waals surface area (Å²) in [4.78, 5) is 25.6. The van der Waals surface area contributed by atoms with Crippen LogP contribution in [0.2, 0.25) is 0 Å². The third-order valence-corrected chi connectivity index (χ3v) is 5.66. The first kappa shape index (κ1) is 25.0. The van der Waals surface area contributed by atoms with Crippen molar-refractivity contribution in [1.82, 2.24) is 0 Å². The summed E-state index contributed by atoms with van der Waals surface area (Å²) in [5.74, 6) is -0.347. The molecule has 0 spiro atoms. The van der Waals surface area contributed by atoms with Crippen molar-refractivity contribution >= 4 is 35.0 Å². The van der Waals surface area contributed by atoms with Gasteiger partial charge in [-0.3, -0.25) is 9.59 Å². The molecule has 0 bridgehead atoms. The van der Waals surface area contributed by atoms with E-state index in [2.05, 4.69) is 10.6 Å². The zero-order valence-corrected chi connectivity index (χ0v) is 19.0. The van der Waals surface area contributed by atoms with Gasteiger partial charge in [-0.05, 0) is 48.5 Å². The van der Waals surface area contributed by atoms with Gasteiger partial charge >= 0.3 is 6.18 Å². The van der Waals surface area contributed by atoms with E-state index in [0.717, 1.165) is 17.8 Å². The van der Waals surface area contributed by atoms with Gasteiger partial charge in [0.2, 0.25) is 5.91 Å². The number of hydrogen-bond donors (Lipinski definition) is 2. The third kappa shape index (κ3) is 6.22. The maximum Gasteiger partial charge on any atom is 0.418 e. The first-order chi connectivity index (χ1) is 16.2. The molecular weight excluding hydrogens is 469 g/mol. The molecule has 0 unspecified atom stereocenters. The molecule has 0 atom stereocenters. The number of nitrogens with one attached hydrogen (secondary N) is 2. The molecule has 0 aliphatic heterocycles. The van der Waals surface area contributed by atoms with Gasteiger partial charge in [-0.25, -0.2) is 0 Å². The molecule has 2 N–H and O–H groups in total. The van der Waals surface area contributed by atoms with Crippen LogP contribution in [-0.4, -0.2) is 31.8 Å². The summed E-state index contributed by atoms with van der Waals surface area (Å²) in [6.07, 6.45) is -4.56. The molecule has 0 aliphatic carbocycles. The standard InChI is InChI=1S/C24H21F3N2O4S/c1-32-19-8-5-9-20(33-2)22(19)23(31)28-15-10-12-16(13-11-15)34-14-21(30)29-18-7-4-3-6-17(18)24(25,26)27/h3-13H,14H2,1-2H3,(H,28,31)(H,29,30). The van der Waals surface area contributed by atoms with Gasteiger partial charge in [-0.15, -0.1) is 11.8 Å². The first-order valence-electron chi connectivity index (χ1n) is 9.94. The number of methoxy groups -OCH3 is 2. The maximum absolute atomic E-state index is 13.1. The van der Waals surface area contributed by atoms with Crippen LogP contribution >= 0.6 is 11.8 Å². The van der Waals surface area contributed by atoms with Crippen LogP contribution in [0.4, 0.5) is 24.5 Å². The number of thioether (sulfide) groups is 1. The molecule has 3 aromatic rings. The van der Waals surface area contributed by atoms with Crippen molar-refractivity contribution < 1.29 is 32.2 Å². The lowest BCUT2D eigenvalue weighted by Crippen LogP contribution is -2.18. The van der Waals surface area contributed by atoms with Crippen molar-refractivity contribution in [3.63, 3.8) is 0 Å². The topological polar surface area (TPSA) is 76.7 Å². The Balaban J connectivity index is 1.60. The molecule has 0 radical (unpaired) electrons. The number of hydrogen-bond acceptors (Lipinski definition) is 5. The molecule has 178 valence electrons. The number of halogens is 3. The highest BCUT2D eigenvalue weighted by Crippen LogP contribution is 2.35. The zero-order valence-electron chi connectivity index (χ0n) is 18.2. The molecule has 0 aromatic heterocycles. The smallest absolute Gasteiger partial charge is 0.418 e. The van der Waals surface area contributed by atoms with Crippen LogP contribution in [0.5, 0.6) is 11.5 Å². The average molecular weight is 491 g/mol. The van der Waals surface area contributed by atoms with E-state index in [1.54, 1.807) is 42.5 Å². The number of rotatable bonds is 8. The van der Waals surface area contributed by atoms with Crippen molar-refractivity contribution in [2.75, 3.05) is 30.6 Å². The summed E-state index contributed by atoms with van der Waals surface area (Å²) < 4.78 is 49.7. The Morgan fingerprint density at radius 1 is 0.853 bits per heavy atom. The van der Waals surface area contributed by atoms with Crippen LogP contribution in [0.25, 0.3) is 0 Å². The molecule has 3 rings (SSSR count). The van der Waals surface area contributed by atoms with E-state index >= 15 is 0 Å². The predicted octanol–water partition coefficient (Wildman–Crippen LogP) is 5.71. The van der Waals surface area contributed by atoms with Gasteiger partial charge in [0.05, 0.1) is 31.2 Å². The van der Waals surface area contributed by atoms with Crippen LogP contribution in [0.3, 0.4) is 0 Å². The van der Waals surface area contributed by atoms with Crippen molar-refractivity contribution in [2.24, 2.45) is 0 Å². The summed E-state index contributed by atoms with van der Waals surface area (Å²) in [6, 6.07) is 16.5. The lowest BCUT2D eigenvalue weighted by atomic mass is 10.1. The Labute approximate surface area is 198 Å². The highest BCUT2D eigenvalue weighted by Gasteiger charge is 2.33. The summed E-state index contributed by atoms with van der Waals surface area (Å²) in [7, 11) is 2.91. The SMILES string of the molecule is COc1cccc(OC)c1C(=O)Nc1ccc(SCC(=O)Nc2ccccc2C(F)(F)F)cc1. The number of para-hydroxylation sites is 1. The Morgan fingerprint density at radius 3 is 2.06 bits per heavy atom. The Kier molecular flexibility index (Phi) is 8.06. The van der Waals surface area contributed by atoms with Gasteiger partial charge in [0.25, 0.3) is 5.91 Å². The molecular formula is C24H21F3N2O4S. The van der Waals surface area contributed by atoms with E-state index < -0.39 is 23.6 Å². The molecule has 0 aliphatic rings. The van der Waals surface area contributed by atoms with Crippen LogP contribution in [0.15, 0.2) is 71.6 Å². The molecule has 0 heterocycles. The Bertz CT molecular complexity index is 1150. The van der Waals surface area contributed by atoms with E-state index in [9.17, 15) is 22.8 Å². The molecule has 0 fully saturated rings. The fourth-order valence-corrected chi connectivity index (χ4v) is 3.78. The monoisotopic (exact) mass is 490 g/mol. The molecule has 34 heavy (non-hydrogen) atoms. The second-order valence-electron chi connectivity index (χ2n) is 6.90. The first-order valence-corrected chi connectivity index (χ1v) is 10.9. The largest absolute Gasteiger partial charge is 0.496 e. The summed E-state index contributed by atoms with van der Waals surface area (Å²) in [6.45, 7) is 0. The molecule has 6 nitrogen and oxygen atoms in total. The van der Waals surface area contributed by atoms with Crippen LogP contribution in [0.1, 0.15) is 15.9 Å². The van der Waals surface area contributed by atoms with E-state index in [0.29, 0.717) is 22.1 Å². The summed E-state index contributed by atoms with van der Waals surface area (Å²) >= 11 is 1.15. The minimum absolute atomic E-state index is 0.0870. The number of anilines is 2. The average Bonchev–Trinajstić information content (AvgIpc) is 2.82. The number of benzene rings is 3. The van der Waals surface area contributed by atoms with Crippen LogP contribution in [0, 0.1) is 0 Å². The number of amides is 2. The van der Waals surface area contributed by atoms with E-state index in [-0.39, 0.29) is 17.0 Å².